The van der Waals surface area contributed by atoms with Gasteiger partial charge in [0.2, 0.25) is 5.95 Å². The summed E-state index contributed by atoms with van der Waals surface area (Å²) in [5, 5.41) is 16.1. The molecule has 2 aromatic rings. The van der Waals surface area contributed by atoms with Crippen molar-refractivity contribution in [2.24, 2.45) is 0 Å². The van der Waals surface area contributed by atoms with Crippen molar-refractivity contribution in [3.05, 3.63) is 30.1 Å². The van der Waals surface area contributed by atoms with Gasteiger partial charge in [-0.05, 0) is 44.2 Å². The van der Waals surface area contributed by atoms with Gasteiger partial charge < -0.3 is 15.7 Å². The van der Waals surface area contributed by atoms with Crippen LogP contribution in [0.3, 0.4) is 0 Å². The lowest BCUT2D eigenvalue weighted by atomic mass is 9.93. The van der Waals surface area contributed by atoms with E-state index in [4.69, 9.17) is 0 Å². The number of rotatable bonds is 10. The van der Waals surface area contributed by atoms with E-state index in [2.05, 4.69) is 25.6 Å². The highest BCUT2D eigenvalue weighted by molar-refractivity contribution is 5.96. The van der Waals surface area contributed by atoms with Crippen molar-refractivity contribution in [1.29, 1.82) is 0 Å². The maximum Gasteiger partial charge on any atom is 0.224 e. The third-order valence-electron chi connectivity index (χ3n) is 5.43. The summed E-state index contributed by atoms with van der Waals surface area (Å²) < 4.78 is 26.0. The summed E-state index contributed by atoms with van der Waals surface area (Å²) in [6.45, 7) is 1.19. The largest absolute Gasteiger partial charge is 0.393 e. The second-order valence-electron chi connectivity index (χ2n) is 7.79. The first kappa shape index (κ1) is 23.0. The number of ketones is 1. The van der Waals surface area contributed by atoms with Crippen LogP contribution in [0.25, 0.3) is 11.3 Å². The number of carbonyl (C=O) groups excluding carboxylic acids is 1. The van der Waals surface area contributed by atoms with Crippen LogP contribution < -0.4 is 10.6 Å². The Kier molecular flexibility index (Phi) is 8.22. The number of alkyl halides is 2. The number of hydrogen-bond acceptors (Lipinski definition) is 7. The monoisotopic (exact) mass is 433 g/mol. The van der Waals surface area contributed by atoms with Crippen LogP contribution >= 0.6 is 0 Å². The Morgan fingerprint density at radius 2 is 2.00 bits per heavy atom. The van der Waals surface area contributed by atoms with Gasteiger partial charge in [-0.2, -0.15) is 4.98 Å². The van der Waals surface area contributed by atoms with Gasteiger partial charge in [-0.1, -0.05) is 6.92 Å². The Morgan fingerprint density at radius 1 is 1.23 bits per heavy atom. The van der Waals surface area contributed by atoms with Crippen LogP contribution in [0.15, 0.2) is 24.5 Å². The number of halogens is 2. The van der Waals surface area contributed by atoms with Crippen molar-refractivity contribution in [1.82, 2.24) is 15.0 Å². The van der Waals surface area contributed by atoms with Crippen molar-refractivity contribution in [3.63, 3.8) is 0 Å². The van der Waals surface area contributed by atoms with E-state index in [9.17, 15) is 18.7 Å². The van der Waals surface area contributed by atoms with E-state index in [1.54, 1.807) is 25.3 Å². The topological polar surface area (TPSA) is 100 Å². The van der Waals surface area contributed by atoms with Gasteiger partial charge in [0.1, 0.15) is 12.0 Å². The van der Waals surface area contributed by atoms with Crippen molar-refractivity contribution >= 4 is 17.5 Å². The third-order valence-corrected chi connectivity index (χ3v) is 5.43. The highest BCUT2D eigenvalue weighted by Gasteiger charge is 2.22. The van der Waals surface area contributed by atoms with Crippen LogP contribution in [0, 0.1) is 0 Å². The average Bonchev–Trinajstić information content (AvgIpc) is 2.79. The summed E-state index contributed by atoms with van der Waals surface area (Å²) in [4.78, 5) is 25.0. The maximum absolute atomic E-state index is 13.6. The molecule has 0 aromatic carbocycles. The normalized spacial score (nSPS) is 19.6. The van der Waals surface area contributed by atoms with Gasteiger partial charge in [-0.3, -0.25) is 14.2 Å². The maximum atomic E-state index is 13.6. The molecule has 2 aromatic heterocycles. The van der Waals surface area contributed by atoms with Gasteiger partial charge in [-0.25, -0.2) is 9.37 Å². The molecular formula is C22H29F2N5O2. The first-order valence-electron chi connectivity index (χ1n) is 10.7. The van der Waals surface area contributed by atoms with Gasteiger partial charge in [-0.15, -0.1) is 0 Å². The highest BCUT2D eigenvalue weighted by atomic mass is 19.1. The van der Waals surface area contributed by atoms with Crippen LogP contribution in [0.2, 0.25) is 0 Å². The molecule has 9 heteroatoms. The van der Waals surface area contributed by atoms with Gasteiger partial charge >= 0.3 is 0 Å². The molecule has 0 saturated heterocycles. The van der Waals surface area contributed by atoms with E-state index in [1.165, 1.54) is 6.20 Å². The lowest BCUT2D eigenvalue weighted by Gasteiger charge is -2.27. The standard InChI is InChI=1S/C22H29F2N5O2/c1-2-15(24)12-26-22-27-13-18(19-8-3-14(11-25-19)20(31)9-10-23)21(29-22)28-16-4-6-17(30)7-5-16/h3,8,11,13,15-17,30H,2,4-7,9-10,12H2,1H3,(H2,26,27,28,29)/t15-,16?,17?/m0/s1. The van der Waals surface area contributed by atoms with E-state index in [0.29, 0.717) is 47.8 Å². The van der Waals surface area contributed by atoms with E-state index >= 15 is 0 Å². The second-order valence-corrected chi connectivity index (χ2v) is 7.79. The highest BCUT2D eigenvalue weighted by Crippen LogP contribution is 2.29. The minimum atomic E-state index is -0.990. The molecule has 1 fully saturated rings. The Morgan fingerprint density at radius 3 is 2.65 bits per heavy atom. The molecule has 1 aliphatic rings. The fourth-order valence-electron chi connectivity index (χ4n) is 3.47. The number of aliphatic hydroxyl groups excluding tert-OH is 1. The number of nitrogens with zero attached hydrogens (tertiary/aromatic N) is 3. The van der Waals surface area contributed by atoms with Gasteiger partial charge in [0.15, 0.2) is 5.78 Å². The number of hydrogen-bond donors (Lipinski definition) is 3. The van der Waals surface area contributed by atoms with Gasteiger partial charge in [0.05, 0.1) is 24.0 Å². The molecule has 7 nitrogen and oxygen atoms in total. The zero-order valence-corrected chi connectivity index (χ0v) is 17.7. The SMILES string of the molecule is CC[C@H](F)CNc1ncc(-c2ccc(C(=O)CCF)cn2)c(NC2CCC(O)CC2)n1. The molecule has 0 spiro atoms. The van der Waals surface area contributed by atoms with Crippen LogP contribution in [-0.2, 0) is 0 Å². The number of pyridine rings is 1. The van der Waals surface area contributed by atoms with E-state index in [0.717, 1.165) is 12.8 Å². The van der Waals surface area contributed by atoms with Gasteiger partial charge in [0, 0.05) is 37.0 Å². The lowest BCUT2D eigenvalue weighted by molar-refractivity contribution is 0.0973. The summed E-state index contributed by atoms with van der Waals surface area (Å²) in [5.74, 6) is 0.572. The summed E-state index contributed by atoms with van der Waals surface area (Å²) in [6, 6.07) is 3.43. The molecule has 1 atom stereocenters. The zero-order valence-electron chi connectivity index (χ0n) is 17.7. The summed E-state index contributed by atoms with van der Waals surface area (Å²) in [6.07, 6.45) is 5.05. The summed E-state index contributed by atoms with van der Waals surface area (Å²) in [5.41, 5.74) is 1.57. The molecule has 0 aliphatic heterocycles. The van der Waals surface area contributed by atoms with Crippen LogP contribution in [0.4, 0.5) is 20.5 Å². The number of carbonyl (C=O) groups is 1. The van der Waals surface area contributed by atoms with E-state index < -0.39 is 12.8 Å². The molecule has 0 amide bonds. The van der Waals surface area contributed by atoms with Crippen LogP contribution in [0.5, 0.6) is 0 Å². The molecule has 168 valence electrons. The van der Waals surface area contributed by atoms with Crippen molar-refractivity contribution in [2.45, 2.75) is 63.8 Å². The fraction of sp³-hybridized carbons (Fsp3) is 0.545. The number of aliphatic hydroxyl groups is 1. The number of Topliss-reactive ketones (excluding diaryl/α,β-unsaturated/α-hetero) is 1. The molecule has 0 unspecified atom stereocenters. The molecule has 3 rings (SSSR count). The van der Waals surface area contributed by atoms with Crippen molar-refractivity contribution in [3.8, 4) is 11.3 Å². The average molecular weight is 434 g/mol. The summed E-state index contributed by atoms with van der Waals surface area (Å²) >= 11 is 0. The molecule has 2 heterocycles. The zero-order chi connectivity index (χ0) is 22.2. The van der Waals surface area contributed by atoms with Crippen molar-refractivity contribution < 1.29 is 18.7 Å². The Hall–Kier alpha value is -2.68. The molecule has 31 heavy (non-hydrogen) atoms. The number of nitrogens with one attached hydrogen (secondary N) is 2. The minimum absolute atomic E-state index is 0.120. The summed E-state index contributed by atoms with van der Waals surface area (Å²) in [7, 11) is 0. The number of aromatic nitrogens is 3. The third kappa shape index (κ3) is 6.40. The van der Waals surface area contributed by atoms with Gasteiger partial charge in [0.25, 0.3) is 0 Å². The minimum Gasteiger partial charge on any atom is -0.393 e. The van der Waals surface area contributed by atoms with Crippen LogP contribution in [0.1, 0.15) is 55.8 Å². The Labute approximate surface area is 180 Å². The molecular weight excluding hydrogens is 404 g/mol. The molecule has 1 aliphatic carbocycles. The smallest absolute Gasteiger partial charge is 0.224 e. The molecule has 0 bridgehead atoms. The fourth-order valence-corrected chi connectivity index (χ4v) is 3.47. The molecule has 0 radical (unpaired) electrons. The van der Waals surface area contributed by atoms with E-state index in [1.807, 2.05) is 0 Å². The quantitative estimate of drug-likeness (QED) is 0.488. The molecule has 1 saturated carbocycles. The lowest BCUT2D eigenvalue weighted by Crippen LogP contribution is -2.29. The predicted octanol–water partition coefficient (Wildman–Crippen LogP) is 3.96. The van der Waals surface area contributed by atoms with E-state index in [-0.39, 0.29) is 30.9 Å². The first-order chi connectivity index (χ1) is 15.0. The number of anilines is 2. The predicted molar refractivity (Wildman–Crippen MR) is 116 cm³/mol. The second kappa shape index (κ2) is 11.1. The Bertz CT molecular complexity index is 857. The van der Waals surface area contributed by atoms with Crippen LogP contribution in [-0.4, -0.2) is 57.4 Å². The first-order valence-corrected chi connectivity index (χ1v) is 10.7. The molecule has 3 N–H and O–H groups in total. The van der Waals surface area contributed by atoms with Crippen molar-refractivity contribution in [2.75, 3.05) is 23.9 Å². The Balaban J connectivity index is 1.84.